The predicted molar refractivity (Wildman–Crippen MR) is 77.4 cm³/mol. The van der Waals surface area contributed by atoms with Gasteiger partial charge >= 0.3 is 0 Å². The highest BCUT2D eigenvalue weighted by atomic mass is 15.3. The summed E-state index contributed by atoms with van der Waals surface area (Å²) in [5.41, 5.74) is 5.74. The van der Waals surface area contributed by atoms with Crippen LogP contribution in [-0.2, 0) is 0 Å². The Labute approximate surface area is 114 Å². The third-order valence-corrected chi connectivity index (χ3v) is 3.39. The van der Waals surface area contributed by atoms with Crippen molar-refractivity contribution in [2.45, 2.75) is 6.42 Å². The second-order valence-corrected chi connectivity index (χ2v) is 5.49. The summed E-state index contributed by atoms with van der Waals surface area (Å²) in [5, 5.41) is 0. The molecule has 0 radical (unpaired) electrons. The lowest BCUT2D eigenvalue weighted by molar-refractivity contribution is 0.395. The van der Waals surface area contributed by atoms with Crippen LogP contribution in [0.25, 0.3) is 0 Å². The van der Waals surface area contributed by atoms with Crippen LogP contribution in [0.5, 0.6) is 0 Å². The summed E-state index contributed by atoms with van der Waals surface area (Å²) in [6, 6.07) is 0. The topological polar surface area (TPSA) is 74.4 Å². The van der Waals surface area contributed by atoms with Gasteiger partial charge in [0.2, 0.25) is 17.8 Å². The first-order chi connectivity index (χ1) is 8.95. The van der Waals surface area contributed by atoms with Gasteiger partial charge < -0.3 is 20.4 Å². The molecule has 0 amide bonds. The summed E-state index contributed by atoms with van der Waals surface area (Å²) in [4.78, 5) is 19.0. The SMILES string of the molecule is CN1CCC(CN(C)c2nc(N)nc(N(C)C)n2)C1. The molecule has 1 atom stereocenters. The molecule has 1 aliphatic rings. The summed E-state index contributed by atoms with van der Waals surface area (Å²) >= 11 is 0. The maximum atomic E-state index is 5.74. The highest BCUT2D eigenvalue weighted by Crippen LogP contribution is 2.18. The van der Waals surface area contributed by atoms with E-state index in [1.165, 1.54) is 13.0 Å². The van der Waals surface area contributed by atoms with Crippen LogP contribution in [-0.4, -0.2) is 67.7 Å². The summed E-state index contributed by atoms with van der Waals surface area (Å²) < 4.78 is 0. The number of likely N-dealkylation sites (tertiary alicyclic amines) is 1. The Kier molecular flexibility index (Phi) is 4.04. The van der Waals surface area contributed by atoms with E-state index in [4.69, 9.17) is 5.73 Å². The summed E-state index contributed by atoms with van der Waals surface area (Å²) in [5.74, 6) is 2.17. The molecule has 1 saturated heterocycles. The summed E-state index contributed by atoms with van der Waals surface area (Å²) in [6.07, 6.45) is 1.22. The van der Waals surface area contributed by atoms with Crippen LogP contribution in [0.2, 0.25) is 0 Å². The molecule has 0 saturated carbocycles. The Balaban J connectivity index is 2.08. The van der Waals surface area contributed by atoms with E-state index in [0.29, 0.717) is 17.8 Å². The van der Waals surface area contributed by atoms with Crippen molar-refractivity contribution >= 4 is 17.8 Å². The average molecular weight is 265 g/mol. The van der Waals surface area contributed by atoms with Crippen LogP contribution in [0.4, 0.5) is 17.8 Å². The Morgan fingerprint density at radius 2 is 1.89 bits per heavy atom. The standard InChI is InChI=1S/C12H23N7/c1-17(2)11-14-10(13)15-12(16-11)19(4)8-9-5-6-18(3)7-9/h9H,5-8H2,1-4H3,(H2,13,14,15,16). The lowest BCUT2D eigenvalue weighted by atomic mass is 10.1. The van der Waals surface area contributed by atoms with E-state index in [9.17, 15) is 0 Å². The van der Waals surface area contributed by atoms with Gasteiger partial charge in [0.25, 0.3) is 0 Å². The second kappa shape index (κ2) is 5.56. The lowest BCUT2D eigenvalue weighted by Crippen LogP contribution is -2.29. The van der Waals surface area contributed by atoms with Crippen LogP contribution >= 0.6 is 0 Å². The van der Waals surface area contributed by atoms with Gasteiger partial charge in [0.1, 0.15) is 0 Å². The van der Waals surface area contributed by atoms with E-state index >= 15 is 0 Å². The number of nitrogen functional groups attached to an aromatic ring is 1. The molecule has 19 heavy (non-hydrogen) atoms. The van der Waals surface area contributed by atoms with Crippen molar-refractivity contribution in [2.24, 2.45) is 5.92 Å². The minimum atomic E-state index is 0.268. The van der Waals surface area contributed by atoms with E-state index in [2.05, 4.69) is 31.8 Å². The van der Waals surface area contributed by atoms with Crippen LogP contribution in [0.15, 0.2) is 0 Å². The lowest BCUT2D eigenvalue weighted by Gasteiger charge is -2.22. The van der Waals surface area contributed by atoms with Crippen molar-refractivity contribution in [3.8, 4) is 0 Å². The minimum Gasteiger partial charge on any atom is -0.368 e. The van der Waals surface area contributed by atoms with E-state index < -0.39 is 0 Å². The zero-order valence-electron chi connectivity index (χ0n) is 12.2. The molecule has 2 heterocycles. The van der Waals surface area contributed by atoms with Crippen molar-refractivity contribution in [1.29, 1.82) is 0 Å². The number of anilines is 3. The fourth-order valence-corrected chi connectivity index (χ4v) is 2.38. The monoisotopic (exact) mass is 265 g/mol. The van der Waals surface area contributed by atoms with E-state index in [1.807, 2.05) is 26.0 Å². The van der Waals surface area contributed by atoms with Gasteiger partial charge in [0, 0.05) is 34.2 Å². The average Bonchev–Trinajstić information content (AvgIpc) is 2.73. The number of nitrogens with zero attached hydrogens (tertiary/aromatic N) is 6. The van der Waals surface area contributed by atoms with Gasteiger partial charge in [-0.2, -0.15) is 15.0 Å². The molecule has 1 aromatic heterocycles. The molecule has 7 heteroatoms. The molecule has 0 bridgehead atoms. The molecule has 0 aromatic carbocycles. The fraction of sp³-hybridized carbons (Fsp3) is 0.750. The molecular weight excluding hydrogens is 242 g/mol. The molecule has 1 aliphatic heterocycles. The smallest absolute Gasteiger partial charge is 0.231 e. The largest absolute Gasteiger partial charge is 0.368 e. The zero-order chi connectivity index (χ0) is 14.0. The molecule has 106 valence electrons. The normalized spacial score (nSPS) is 19.7. The Hall–Kier alpha value is -1.63. The molecule has 7 nitrogen and oxygen atoms in total. The molecule has 0 aliphatic carbocycles. The van der Waals surface area contributed by atoms with Crippen molar-refractivity contribution < 1.29 is 0 Å². The van der Waals surface area contributed by atoms with Gasteiger partial charge in [-0.15, -0.1) is 0 Å². The fourth-order valence-electron chi connectivity index (χ4n) is 2.38. The second-order valence-electron chi connectivity index (χ2n) is 5.49. The summed E-state index contributed by atoms with van der Waals surface area (Å²) in [6.45, 7) is 3.24. The Morgan fingerprint density at radius 3 is 2.47 bits per heavy atom. The predicted octanol–water partition coefficient (Wildman–Crippen LogP) is -0.0923. The van der Waals surface area contributed by atoms with E-state index in [1.54, 1.807) is 0 Å². The van der Waals surface area contributed by atoms with E-state index in [-0.39, 0.29) is 5.95 Å². The zero-order valence-corrected chi connectivity index (χ0v) is 12.2. The van der Waals surface area contributed by atoms with Crippen LogP contribution < -0.4 is 15.5 Å². The molecule has 1 fully saturated rings. The molecular formula is C12H23N7. The maximum absolute atomic E-state index is 5.74. The molecule has 2 rings (SSSR count). The van der Waals surface area contributed by atoms with Gasteiger partial charge in [-0.3, -0.25) is 0 Å². The first-order valence-electron chi connectivity index (χ1n) is 6.54. The number of hydrogen-bond acceptors (Lipinski definition) is 7. The van der Waals surface area contributed by atoms with Gasteiger partial charge in [-0.1, -0.05) is 0 Å². The van der Waals surface area contributed by atoms with Crippen molar-refractivity contribution in [1.82, 2.24) is 19.9 Å². The van der Waals surface area contributed by atoms with Crippen molar-refractivity contribution in [2.75, 3.05) is 63.4 Å². The summed E-state index contributed by atoms with van der Waals surface area (Å²) in [7, 11) is 7.95. The van der Waals surface area contributed by atoms with Gasteiger partial charge in [0.05, 0.1) is 0 Å². The number of hydrogen-bond donors (Lipinski definition) is 1. The highest BCUT2D eigenvalue weighted by molar-refractivity contribution is 5.42. The molecule has 1 aromatic rings. The first-order valence-corrected chi connectivity index (χ1v) is 6.54. The highest BCUT2D eigenvalue weighted by Gasteiger charge is 2.22. The Bertz CT molecular complexity index is 434. The molecule has 1 unspecified atom stereocenters. The first kappa shape index (κ1) is 13.8. The number of rotatable bonds is 4. The maximum Gasteiger partial charge on any atom is 0.231 e. The van der Waals surface area contributed by atoms with Crippen LogP contribution in [0.1, 0.15) is 6.42 Å². The van der Waals surface area contributed by atoms with Crippen molar-refractivity contribution in [3.63, 3.8) is 0 Å². The van der Waals surface area contributed by atoms with Gasteiger partial charge in [-0.25, -0.2) is 0 Å². The quantitative estimate of drug-likeness (QED) is 0.815. The van der Waals surface area contributed by atoms with E-state index in [0.717, 1.165) is 13.1 Å². The number of aromatic nitrogens is 3. The number of nitrogens with two attached hydrogens (primary N) is 1. The van der Waals surface area contributed by atoms with Crippen molar-refractivity contribution in [3.05, 3.63) is 0 Å². The third kappa shape index (κ3) is 3.44. The minimum absolute atomic E-state index is 0.268. The van der Waals surface area contributed by atoms with Crippen LogP contribution in [0, 0.1) is 5.92 Å². The van der Waals surface area contributed by atoms with Gasteiger partial charge in [0.15, 0.2) is 0 Å². The van der Waals surface area contributed by atoms with Gasteiger partial charge in [-0.05, 0) is 25.9 Å². The molecule has 0 spiro atoms. The third-order valence-electron chi connectivity index (χ3n) is 3.39. The molecule has 2 N–H and O–H groups in total. The van der Waals surface area contributed by atoms with Crippen LogP contribution in [0.3, 0.4) is 0 Å². The Morgan fingerprint density at radius 1 is 1.21 bits per heavy atom.